The summed E-state index contributed by atoms with van der Waals surface area (Å²) >= 11 is 11.2. The lowest BCUT2D eigenvalue weighted by atomic mass is 10.1. The fraction of sp³-hybridized carbons (Fsp3) is 0.167. The number of hydrogen-bond donors (Lipinski definition) is 2. The molecule has 0 atom stereocenters. The summed E-state index contributed by atoms with van der Waals surface area (Å²) in [7, 11) is 0. The van der Waals surface area contributed by atoms with Crippen molar-refractivity contribution in [3.8, 4) is 5.69 Å². The number of benzene rings is 3. The lowest BCUT2D eigenvalue weighted by molar-refractivity contribution is -0.384. The standard InChI is InChI=1S/C24H20ClN7O4S/c25-16-2-5-18(6-3-16)31-28-19-7-4-17(14-20(19)29-31)26-24(37)27-23(33)15-1-8-21(22(13-15)32(34)35)30-9-11-36-12-10-30/h1-8,13-14H,9-12H2,(H2,26,27,33,37). The quantitative estimate of drug-likeness (QED) is 0.221. The van der Waals surface area contributed by atoms with E-state index in [1.807, 2.05) is 17.0 Å². The summed E-state index contributed by atoms with van der Waals surface area (Å²) in [6, 6.07) is 16.8. The maximum atomic E-state index is 12.8. The molecule has 1 aliphatic rings. The summed E-state index contributed by atoms with van der Waals surface area (Å²) in [4.78, 5) is 27.3. The van der Waals surface area contributed by atoms with Gasteiger partial charge in [-0.05, 0) is 66.8 Å². The highest BCUT2D eigenvalue weighted by atomic mass is 35.5. The monoisotopic (exact) mass is 537 g/mol. The molecule has 0 aliphatic carbocycles. The fourth-order valence-electron chi connectivity index (χ4n) is 3.90. The van der Waals surface area contributed by atoms with Crippen molar-refractivity contribution in [2.75, 3.05) is 36.5 Å². The maximum absolute atomic E-state index is 12.8. The summed E-state index contributed by atoms with van der Waals surface area (Å²) in [5.74, 6) is -0.566. The van der Waals surface area contributed by atoms with E-state index in [4.69, 9.17) is 28.6 Å². The Morgan fingerprint density at radius 3 is 2.49 bits per heavy atom. The van der Waals surface area contributed by atoms with Gasteiger partial charge in [0.1, 0.15) is 16.7 Å². The van der Waals surface area contributed by atoms with Crippen molar-refractivity contribution in [3.05, 3.63) is 81.4 Å². The van der Waals surface area contributed by atoms with Crippen molar-refractivity contribution in [1.82, 2.24) is 20.3 Å². The smallest absolute Gasteiger partial charge is 0.293 e. The van der Waals surface area contributed by atoms with Crippen LogP contribution < -0.4 is 15.5 Å². The molecule has 13 heteroatoms. The van der Waals surface area contributed by atoms with Gasteiger partial charge in [0.15, 0.2) is 5.11 Å². The topological polar surface area (TPSA) is 127 Å². The van der Waals surface area contributed by atoms with Crippen molar-refractivity contribution in [3.63, 3.8) is 0 Å². The Balaban J connectivity index is 1.28. The van der Waals surface area contributed by atoms with Crippen molar-refractivity contribution < 1.29 is 14.5 Å². The number of morpholine rings is 1. The second-order valence-corrected chi connectivity index (χ2v) is 8.98. The number of nitrogens with one attached hydrogen (secondary N) is 2. The van der Waals surface area contributed by atoms with Crippen molar-refractivity contribution in [1.29, 1.82) is 0 Å². The van der Waals surface area contributed by atoms with Gasteiger partial charge in [0.2, 0.25) is 0 Å². The number of aromatic nitrogens is 3. The Hall–Kier alpha value is -4.13. The molecule has 0 bridgehead atoms. The van der Waals surface area contributed by atoms with Gasteiger partial charge in [0.05, 0.1) is 23.8 Å². The largest absolute Gasteiger partial charge is 0.378 e. The number of anilines is 2. The molecule has 1 aromatic heterocycles. The minimum Gasteiger partial charge on any atom is -0.378 e. The van der Waals surface area contributed by atoms with Gasteiger partial charge in [-0.2, -0.15) is 4.80 Å². The van der Waals surface area contributed by atoms with Crippen LogP contribution in [0.1, 0.15) is 10.4 Å². The highest BCUT2D eigenvalue weighted by Crippen LogP contribution is 2.30. The molecule has 4 aromatic rings. The molecule has 3 aromatic carbocycles. The van der Waals surface area contributed by atoms with Gasteiger partial charge in [0.25, 0.3) is 11.6 Å². The van der Waals surface area contributed by atoms with E-state index in [-0.39, 0.29) is 16.4 Å². The Kier molecular flexibility index (Phi) is 6.95. The molecule has 0 unspecified atom stereocenters. The first-order valence-electron chi connectivity index (χ1n) is 11.2. The van der Waals surface area contributed by atoms with E-state index in [0.717, 1.165) is 5.69 Å². The van der Waals surface area contributed by atoms with Crippen LogP contribution in [-0.2, 0) is 4.74 Å². The van der Waals surface area contributed by atoms with E-state index >= 15 is 0 Å². The number of nitro groups is 1. The minimum atomic E-state index is -0.566. The van der Waals surface area contributed by atoms with Gasteiger partial charge in [-0.1, -0.05) is 11.6 Å². The highest BCUT2D eigenvalue weighted by Gasteiger charge is 2.23. The third-order valence-electron chi connectivity index (χ3n) is 5.71. The number of fused-ring (bicyclic) bond motifs is 1. The van der Waals surface area contributed by atoms with Crippen LogP contribution >= 0.6 is 23.8 Å². The number of hydrogen-bond acceptors (Lipinski definition) is 8. The lowest BCUT2D eigenvalue weighted by Gasteiger charge is -2.28. The van der Waals surface area contributed by atoms with Crippen LogP contribution in [0.3, 0.4) is 0 Å². The lowest BCUT2D eigenvalue weighted by Crippen LogP contribution is -2.37. The van der Waals surface area contributed by atoms with Gasteiger partial charge < -0.3 is 15.0 Å². The number of rotatable bonds is 5. The number of thiocarbonyl (C=S) groups is 1. The number of carbonyl (C=O) groups excluding carboxylic acids is 1. The molecule has 1 aliphatic heterocycles. The van der Waals surface area contributed by atoms with Crippen LogP contribution in [0.25, 0.3) is 16.7 Å². The number of halogens is 1. The van der Waals surface area contributed by atoms with Crippen molar-refractivity contribution in [2.45, 2.75) is 0 Å². The van der Waals surface area contributed by atoms with E-state index in [0.29, 0.717) is 53.7 Å². The molecule has 2 N–H and O–H groups in total. The molecule has 1 fully saturated rings. The zero-order chi connectivity index (χ0) is 25.9. The zero-order valence-corrected chi connectivity index (χ0v) is 20.8. The number of carbonyl (C=O) groups is 1. The Labute approximate surface area is 221 Å². The van der Waals surface area contributed by atoms with Crippen LogP contribution in [0.2, 0.25) is 5.02 Å². The van der Waals surface area contributed by atoms with Gasteiger partial charge >= 0.3 is 0 Å². The molecule has 2 heterocycles. The summed E-state index contributed by atoms with van der Waals surface area (Å²) in [6.07, 6.45) is 0. The van der Waals surface area contributed by atoms with E-state index in [1.54, 1.807) is 36.4 Å². The molecule has 0 spiro atoms. The number of nitrogens with zero attached hydrogens (tertiary/aromatic N) is 5. The summed E-state index contributed by atoms with van der Waals surface area (Å²) in [6.45, 7) is 2.06. The molecule has 5 rings (SSSR count). The average molecular weight is 538 g/mol. The molecule has 11 nitrogen and oxygen atoms in total. The third-order valence-corrected chi connectivity index (χ3v) is 6.16. The van der Waals surface area contributed by atoms with Crippen LogP contribution in [-0.4, -0.2) is 57.2 Å². The van der Waals surface area contributed by atoms with E-state index in [1.165, 1.54) is 16.9 Å². The predicted molar refractivity (Wildman–Crippen MR) is 144 cm³/mol. The number of nitro benzene ring substituents is 1. The van der Waals surface area contributed by atoms with Crippen LogP contribution in [0, 0.1) is 10.1 Å². The summed E-state index contributed by atoms with van der Waals surface area (Å²) in [5, 5.41) is 26.8. The highest BCUT2D eigenvalue weighted by molar-refractivity contribution is 7.80. The van der Waals surface area contributed by atoms with Gasteiger partial charge in [-0.25, -0.2) is 0 Å². The fourth-order valence-corrected chi connectivity index (χ4v) is 4.24. The molecule has 188 valence electrons. The minimum absolute atomic E-state index is 0.0364. The van der Waals surface area contributed by atoms with E-state index < -0.39 is 10.8 Å². The predicted octanol–water partition coefficient (Wildman–Crippen LogP) is 3.95. The van der Waals surface area contributed by atoms with Gasteiger partial charge in [-0.3, -0.25) is 20.2 Å². The second-order valence-electron chi connectivity index (χ2n) is 8.14. The van der Waals surface area contributed by atoms with Crippen molar-refractivity contribution in [2.24, 2.45) is 0 Å². The Morgan fingerprint density at radius 1 is 1.03 bits per heavy atom. The van der Waals surface area contributed by atoms with E-state index in [9.17, 15) is 14.9 Å². The van der Waals surface area contributed by atoms with Gasteiger partial charge in [0, 0.05) is 35.4 Å². The normalized spacial score (nSPS) is 13.4. The first-order chi connectivity index (χ1) is 17.9. The average Bonchev–Trinajstić information content (AvgIpc) is 3.32. The Bertz CT molecular complexity index is 1500. The molecule has 0 saturated carbocycles. The second kappa shape index (κ2) is 10.5. The Morgan fingerprint density at radius 2 is 1.76 bits per heavy atom. The first kappa shape index (κ1) is 24.6. The van der Waals surface area contributed by atoms with Crippen LogP contribution in [0.15, 0.2) is 60.7 Å². The molecular formula is C24H20ClN7O4S. The first-order valence-corrected chi connectivity index (χ1v) is 12.0. The van der Waals surface area contributed by atoms with Crippen LogP contribution in [0.5, 0.6) is 0 Å². The number of amides is 1. The summed E-state index contributed by atoms with van der Waals surface area (Å²) in [5.41, 5.74) is 3.05. The molecule has 0 radical (unpaired) electrons. The molecule has 1 amide bonds. The SMILES string of the molecule is O=C(NC(=S)Nc1ccc2nn(-c3ccc(Cl)cc3)nc2c1)c1ccc(N2CCOCC2)c([N+](=O)[O-])c1. The summed E-state index contributed by atoms with van der Waals surface area (Å²) < 4.78 is 5.32. The van der Waals surface area contributed by atoms with E-state index in [2.05, 4.69) is 20.8 Å². The molecule has 37 heavy (non-hydrogen) atoms. The molecule has 1 saturated heterocycles. The number of ether oxygens (including phenoxy) is 1. The van der Waals surface area contributed by atoms with Crippen LogP contribution in [0.4, 0.5) is 17.1 Å². The zero-order valence-electron chi connectivity index (χ0n) is 19.3. The third kappa shape index (κ3) is 5.50. The van der Waals surface area contributed by atoms with Gasteiger partial charge in [-0.15, -0.1) is 10.2 Å². The maximum Gasteiger partial charge on any atom is 0.293 e. The van der Waals surface area contributed by atoms with Crippen molar-refractivity contribution >= 4 is 62.9 Å². The molecular weight excluding hydrogens is 518 g/mol.